The molecule has 1 aliphatic heterocycles. The van der Waals surface area contributed by atoms with Crippen LogP contribution in [0.5, 0.6) is 0 Å². The van der Waals surface area contributed by atoms with Crippen LogP contribution < -0.4 is 16.0 Å². The number of hydrogen-bond donors (Lipinski definition) is 4. The number of amides is 3. The van der Waals surface area contributed by atoms with Crippen molar-refractivity contribution in [1.82, 2.24) is 36.0 Å². The number of aromatic amines is 1. The van der Waals surface area contributed by atoms with Crippen LogP contribution >= 0.6 is 0 Å². The number of rotatable bonds is 8. The first-order valence-corrected chi connectivity index (χ1v) is 15.2. The Morgan fingerprint density at radius 1 is 1.02 bits per heavy atom. The van der Waals surface area contributed by atoms with Gasteiger partial charge >= 0.3 is 0 Å². The number of aryl methyl sites for hydroxylation is 3. The summed E-state index contributed by atoms with van der Waals surface area (Å²) in [6, 6.07) is 13.6. The van der Waals surface area contributed by atoms with Gasteiger partial charge in [0.15, 0.2) is 0 Å². The van der Waals surface area contributed by atoms with Gasteiger partial charge < -0.3 is 25.8 Å². The first-order valence-electron chi connectivity index (χ1n) is 15.2. The number of carbonyl (C=O) groups excluding carboxylic acids is 3. The van der Waals surface area contributed by atoms with Crippen molar-refractivity contribution in [3.63, 3.8) is 0 Å². The van der Waals surface area contributed by atoms with E-state index in [1.54, 1.807) is 19.0 Å². The van der Waals surface area contributed by atoms with Gasteiger partial charge in [-0.15, -0.1) is 10.2 Å². The lowest BCUT2D eigenvalue weighted by atomic mass is 9.67. The fourth-order valence-electron chi connectivity index (χ4n) is 7.34. The Morgan fingerprint density at radius 3 is 2.16 bits per heavy atom. The molecule has 4 atom stereocenters. The monoisotopic (exact) mass is 594 g/mol. The molecule has 11 nitrogen and oxygen atoms in total. The van der Waals surface area contributed by atoms with Gasteiger partial charge in [-0.2, -0.15) is 5.26 Å². The molecule has 2 fully saturated rings. The molecule has 0 bridgehead atoms. The van der Waals surface area contributed by atoms with Gasteiger partial charge in [-0.25, -0.2) is 0 Å². The van der Waals surface area contributed by atoms with E-state index in [4.69, 9.17) is 0 Å². The molecule has 2 aromatic carbocycles. The van der Waals surface area contributed by atoms with Crippen LogP contribution in [0.3, 0.4) is 0 Å². The second kappa shape index (κ2) is 11.5. The molecule has 11 heteroatoms. The van der Waals surface area contributed by atoms with Crippen LogP contribution in [0.25, 0.3) is 0 Å². The van der Waals surface area contributed by atoms with E-state index in [2.05, 4.69) is 37.2 Å². The molecule has 1 saturated heterocycles. The third-order valence-corrected chi connectivity index (χ3v) is 9.53. The van der Waals surface area contributed by atoms with Gasteiger partial charge in [0.2, 0.25) is 5.91 Å². The van der Waals surface area contributed by atoms with Crippen molar-refractivity contribution in [2.45, 2.75) is 69.5 Å². The highest BCUT2D eigenvalue weighted by Crippen LogP contribution is 2.48. The van der Waals surface area contributed by atoms with E-state index in [9.17, 15) is 19.6 Å². The van der Waals surface area contributed by atoms with Crippen LogP contribution in [0.1, 0.15) is 80.8 Å². The Labute approximate surface area is 256 Å². The van der Waals surface area contributed by atoms with Crippen molar-refractivity contribution >= 4 is 17.7 Å². The number of nitrogens with one attached hydrogen (secondary N) is 4. The Morgan fingerprint density at radius 2 is 1.64 bits per heavy atom. The molecular weight excluding hydrogens is 556 g/mol. The maximum atomic E-state index is 13.3. The van der Waals surface area contributed by atoms with Gasteiger partial charge in [-0.05, 0) is 98.4 Å². The molecule has 4 N–H and O–H groups in total. The molecule has 228 valence electrons. The molecule has 1 saturated carbocycles. The number of nitrogens with zero attached hydrogens (tertiary/aromatic N) is 4. The molecule has 0 spiro atoms. The molecule has 1 unspecified atom stereocenters. The highest BCUT2D eigenvalue weighted by molar-refractivity contribution is 5.95. The van der Waals surface area contributed by atoms with Gasteiger partial charge in [-0.3, -0.25) is 14.4 Å². The summed E-state index contributed by atoms with van der Waals surface area (Å²) in [5, 5.41) is 27.5. The predicted octanol–water partition coefficient (Wildman–Crippen LogP) is 2.15. The van der Waals surface area contributed by atoms with E-state index in [1.807, 2.05) is 50.2 Å². The quantitative estimate of drug-likeness (QED) is 0.311. The van der Waals surface area contributed by atoms with E-state index in [0.717, 1.165) is 35.1 Å². The topological polar surface area (TPSA) is 156 Å². The average molecular weight is 595 g/mol. The summed E-state index contributed by atoms with van der Waals surface area (Å²) in [4.78, 5) is 43.8. The zero-order valence-corrected chi connectivity index (χ0v) is 25.5. The Kier molecular flexibility index (Phi) is 7.72. The molecule has 0 radical (unpaired) electrons. The Hall–Kier alpha value is -4.56. The minimum absolute atomic E-state index is 0.0509. The van der Waals surface area contributed by atoms with Crippen LogP contribution in [-0.2, 0) is 23.1 Å². The van der Waals surface area contributed by atoms with Crippen LogP contribution in [0.2, 0.25) is 0 Å². The zero-order chi connectivity index (χ0) is 31.2. The van der Waals surface area contributed by atoms with Crippen LogP contribution in [0.15, 0.2) is 36.4 Å². The SMILES string of the molecule is CNC(=O)c1ccc2c(c1)CCc1cc(C(=O)NC)ccc1C2(C[C@H](C)NCC(=O)N1C(C#N)C[C@@H]2C[C@@H]21)c1nnc(C)[nH]1. The predicted molar refractivity (Wildman–Crippen MR) is 163 cm³/mol. The molecule has 3 amide bonds. The normalized spacial score (nSPS) is 21.6. The summed E-state index contributed by atoms with van der Waals surface area (Å²) in [5.74, 6) is 1.40. The van der Waals surface area contributed by atoms with Crippen LogP contribution in [0, 0.1) is 24.2 Å². The zero-order valence-electron chi connectivity index (χ0n) is 25.5. The molecular formula is C33H38N8O3. The standard InChI is InChI=1S/C33H38N8O3/c1-18(37-17-29(42)41-25(16-34)13-24-14-28(24)41)15-33(32-38-19(2)39-40-32)26-9-7-22(30(43)35-3)11-20(26)5-6-21-12-23(31(44)36-4)8-10-27(21)33/h7-12,18,24-25,28,37H,5-6,13-15,17H2,1-4H3,(H,35,43)(H,36,44)(H,38,39,40)/t18-,24+,25?,28-/m0/s1. The maximum absolute atomic E-state index is 13.3. The number of benzene rings is 2. The smallest absolute Gasteiger partial charge is 0.251 e. The number of fused-ring (bicyclic) bond motifs is 3. The number of piperidine rings is 1. The van der Waals surface area contributed by atoms with Crippen molar-refractivity contribution in [1.29, 1.82) is 5.26 Å². The van der Waals surface area contributed by atoms with Crippen molar-refractivity contribution in [3.05, 3.63) is 81.4 Å². The highest BCUT2D eigenvalue weighted by Gasteiger charge is 2.54. The van der Waals surface area contributed by atoms with Crippen LogP contribution in [0.4, 0.5) is 0 Å². The van der Waals surface area contributed by atoms with Crippen molar-refractivity contribution in [2.75, 3.05) is 20.6 Å². The van der Waals surface area contributed by atoms with Crippen LogP contribution in [-0.4, -0.2) is 76.6 Å². The van der Waals surface area contributed by atoms with Gasteiger partial charge in [0.1, 0.15) is 17.7 Å². The average Bonchev–Trinajstić information content (AvgIpc) is 3.53. The number of hydrogen-bond acceptors (Lipinski definition) is 7. The van der Waals surface area contributed by atoms with Gasteiger partial charge in [0, 0.05) is 37.3 Å². The molecule has 3 aromatic rings. The van der Waals surface area contributed by atoms with E-state index in [-0.39, 0.29) is 42.4 Å². The maximum Gasteiger partial charge on any atom is 0.251 e. The molecule has 6 rings (SSSR count). The first kappa shape index (κ1) is 29.5. The summed E-state index contributed by atoms with van der Waals surface area (Å²) in [7, 11) is 3.23. The highest BCUT2D eigenvalue weighted by atomic mass is 16.2. The van der Waals surface area contributed by atoms with Crippen molar-refractivity contribution < 1.29 is 14.4 Å². The van der Waals surface area contributed by atoms with Gasteiger partial charge in [0.05, 0.1) is 18.0 Å². The van der Waals surface area contributed by atoms with E-state index in [0.29, 0.717) is 48.0 Å². The Balaban J connectivity index is 1.43. The van der Waals surface area contributed by atoms with Gasteiger partial charge in [-0.1, -0.05) is 12.1 Å². The number of likely N-dealkylation sites (tertiary alicyclic amines) is 1. The summed E-state index contributed by atoms with van der Waals surface area (Å²) in [5.41, 5.74) is 4.32. The van der Waals surface area contributed by atoms with Crippen molar-refractivity contribution in [2.24, 2.45) is 5.92 Å². The summed E-state index contributed by atoms with van der Waals surface area (Å²) in [6.45, 7) is 4.03. The van der Waals surface area contributed by atoms with E-state index < -0.39 is 5.41 Å². The largest absolute Gasteiger partial charge is 0.355 e. The number of aromatic nitrogens is 3. The molecule has 2 aliphatic carbocycles. The lowest BCUT2D eigenvalue weighted by Gasteiger charge is -2.37. The minimum atomic E-state index is -0.829. The number of carbonyl (C=O) groups is 3. The molecule has 1 aromatic heterocycles. The minimum Gasteiger partial charge on any atom is -0.355 e. The summed E-state index contributed by atoms with van der Waals surface area (Å²) in [6.07, 6.45) is 3.58. The van der Waals surface area contributed by atoms with Crippen molar-refractivity contribution in [3.8, 4) is 6.07 Å². The van der Waals surface area contributed by atoms with Gasteiger partial charge in [0.25, 0.3) is 11.8 Å². The first-order chi connectivity index (χ1) is 21.2. The molecule has 3 aliphatic rings. The third-order valence-electron chi connectivity index (χ3n) is 9.53. The fourth-order valence-corrected chi connectivity index (χ4v) is 7.34. The number of H-pyrrole nitrogens is 1. The van der Waals surface area contributed by atoms with E-state index in [1.165, 1.54) is 0 Å². The summed E-state index contributed by atoms with van der Waals surface area (Å²) < 4.78 is 0. The summed E-state index contributed by atoms with van der Waals surface area (Å²) >= 11 is 0. The Bertz CT molecular complexity index is 1610. The lowest BCUT2D eigenvalue weighted by Crippen LogP contribution is -2.46. The lowest BCUT2D eigenvalue weighted by molar-refractivity contribution is -0.131. The number of nitriles is 1. The fraction of sp³-hybridized carbons (Fsp3) is 0.455. The second-order valence-corrected chi connectivity index (χ2v) is 12.3. The third kappa shape index (κ3) is 5.03. The second-order valence-electron chi connectivity index (χ2n) is 12.3. The molecule has 2 heterocycles. The van der Waals surface area contributed by atoms with E-state index >= 15 is 0 Å². The molecule has 44 heavy (non-hydrogen) atoms.